The number of amides is 3. The molecule has 1 aromatic rings. The number of urea groups is 1. The number of carbonyl (C=O) groups is 2. The van der Waals surface area contributed by atoms with Gasteiger partial charge in [0, 0.05) is 17.0 Å². The summed E-state index contributed by atoms with van der Waals surface area (Å²) < 4.78 is 0. The van der Waals surface area contributed by atoms with Gasteiger partial charge < -0.3 is 5.32 Å². The van der Waals surface area contributed by atoms with Gasteiger partial charge in [0.25, 0.3) is 0 Å². The highest BCUT2D eigenvalue weighted by Crippen LogP contribution is 2.19. The Morgan fingerprint density at radius 1 is 1.31 bits per heavy atom. The molecule has 2 N–H and O–H groups in total. The van der Waals surface area contributed by atoms with Crippen molar-refractivity contribution >= 4 is 35.3 Å². The van der Waals surface area contributed by atoms with Crippen LogP contribution in [-0.4, -0.2) is 24.7 Å². The van der Waals surface area contributed by atoms with Crippen molar-refractivity contribution in [2.45, 2.75) is 4.90 Å². The van der Waals surface area contributed by atoms with Crippen LogP contribution in [0, 0.1) is 0 Å². The monoisotopic (exact) mass is 258 g/mol. The maximum Gasteiger partial charge on any atom is 0.321 e. The Labute approximate surface area is 103 Å². The molecule has 0 unspecified atom stereocenters. The van der Waals surface area contributed by atoms with Crippen LogP contribution in [0.25, 0.3) is 0 Å². The fourth-order valence-corrected chi connectivity index (χ4v) is 1.73. The number of nitrogens with one attached hydrogen (secondary N) is 2. The SMILES string of the molecule is CNC(=O)NC(=O)CSc1ccc(Cl)cc1. The van der Waals surface area contributed by atoms with Gasteiger partial charge in [-0.15, -0.1) is 11.8 Å². The van der Waals surface area contributed by atoms with Crippen LogP contribution in [0.2, 0.25) is 5.02 Å². The summed E-state index contributed by atoms with van der Waals surface area (Å²) in [4.78, 5) is 23.0. The number of hydrogen-bond acceptors (Lipinski definition) is 3. The van der Waals surface area contributed by atoms with Crippen LogP contribution < -0.4 is 10.6 Å². The number of hydrogen-bond donors (Lipinski definition) is 2. The smallest absolute Gasteiger partial charge is 0.321 e. The molecule has 0 spiro atoms. The summed E-state index contributed by atoms with van der Waals surface area (Å²) in [5.41, 5.74) is 0. The predicted octanol–water partition coefficient (Wildman–Crippen LogP) is 1.89. The number of imide groups is 1. The highest BCUT2D eigenvalue weighted by atomic mass is 35.5. The fraction of sp³-hybridized carbons (Fsp3) is 0.200. The number of rotatable bonds is 3. The molecule has 0 aliphatic heterocycles. The minimum absolute atomic E-state index is 0.190. The van der Waals surface area contributed by atoms with Crippen molar-refractivity contribution < 1.29 is 9.59 Å². The van der Waals surface area contributed by atoms with Gasteiger partial charge in [-0.1, -0.05) is 11.6 Å². The summed E-state index contributed by atoms with van der Waals surface area (Å²) >= 11 is 7.06. The second kappa shape index (κ2) is 6.40. The largest absolute Gasteiger partial charge is 0.341 e. The van der Waals surface area contributed by atoms with Crippen LogP contribution in [0.1, 0.15) is 0 Å². The van der Waals surface area contributed by atoms with Crippen LogP contribution in [0.4, 0.5) is 4.79 Å². The molecule has 0 atom stereocenters. The quantitative estimate of drug-likeness (QED) is 0.814. The first kappa shape index (κ1) is 12.9. The van der Waals surface area contributed by atoms with Crippen LogP contribution in [0.3, 0.4) is 0 Å². The van der Waals surface area contributed by atoms with Crippen molar-refractivity contribution in [2.24, 2.45) is 0 Å². The van der Waals surface area contributed by atoms with E-state index in [1.165, 1.54) is 18.8 Å². The van der Waals surface area contributed by atoms with Gasteiger partial charge in [-0.05, 0) is 24.3 Å². The zero-order valence-electron chi connectivity index (χ0n) is 8.62. The summed E-state index contributed by atoms with van der Waals surface area (Å²) in [5.74, 6) is -0.144. The lowest BCUT2D eigenvalue weighted by atomic mass is 10.4. The Bertz CT molecular complexity index is 381. The molecular formula is C10H11ClN2O2S. The van der Waals surface area contributed by atoms with E-state index in [9.17, 15) is 9.59 Å². The van der Waals surface area contributed by atoms with E-state index < -0.39 is 6.03 Å². The normalized spacial score (nSPS) is 9.62. The van der Waals surface area contributed by atoms with E-state index in [2.05, 4.69) is 10.6 Å². The summed E-state index contributed by atoms with van der Waals surface area (Å²) in [6.45, 7) is 0. The minimum Gasteiger partial charge on any atom is -0.341 e. The van der Waals surface area contributed by atoms with E-state index in [1.54, 1.807) is 12.1 Å². The molecule has 1 rings (SSSR count). The summed E-state index contributed by atoms with van der Waals surface area (Å²) in [6, 6.07) is 6.64. The molecule has 1 aromatic carbocycles. The summed E-state index contributed by atoms with van der Waals surface area (Å²) in [7, 11) is 1.45. The molecule has 0 radical (unpaired) electrons. The molecule has 0 aromatic heterocycles. The number of benzene rings is 1. The van der Waals surface area contributed by atoms with Crippen molar-refractivity contribution in [3.05, 3.63) is 29.3 Å². The van der Waals surface area contributed by atoms with Gasteiger partial charge in [0.2, 0.25) is 5.91 Å². The van der Waals surface area contributed by atoms with Crippen molar-refractivity contribution in [1.82, 2.24) is 10.6 Å². The molecule has 4 nitrogen and oxygen atoms in total. The van der Waals surface area contributed by atoms with Crippen molar-refractivity contribution in [1.29, 1.82) is 0 Å². The second-order valence-electron chi connectivity index (χ2n) is 2.87. The van der Waals surface area contributed by atoms with Gasteiger partial charge in [-0.3, -0.25) is 10.1 Å². The third-order valence-electron chi connectivity index (χ3n) is 1.66. The average Bonchev–Trinajstić information content (AvgIpc) is 2.28. The third kappa shape index (κ3) is 4.55. The Morgan fingerprint density at radius 2 is 1.94 bits per heavy atom. The topological polar surface area (TPSA) is 58.2 Å². The first-order chi connectivity index (χ1) is 7.61. The lowest BCUT2D eigenvalue weighted by Gasteiger charge is -2.03. The molecule has 0 bridgehead atoms. The first-order valence-corrected chi connectivity index (χ1v) is 5.88. The Morgan fingerprint density at radius 3 is 2.50 bits per heavy atom. The maximum absolute atomic E-state index is 11.2. The van der Waals surface area contributed by atoms with Gasteiger partial charge in [0.15, 0.2) is 0 Å². The Kier molecular flexibility index (Phi) is 5.14. The van der Waals surface area contributed by atoms with Gasteiger partial charge in [-0.2, -0.15) is 0 Å². The standard InChI is InChI=1S/C10H11ClN2O2S/c1-12-10(15)13-9(14)6-16-8-4-2-7(11)3-5-8/h2-5H,6H2,1H3,(H2,12,13,14,15). The van der Waals surface area contributed by atoms with Crippen LogP contribution in [-0.2, 0) is 4.79 Å². The molecule has 0 saturated carbocycles. The lowest BCUT2D eigenvalue weighted by molar-refractivity contribution is -0.117. The highest BCUT2D eigenvalue weighted by Gasteiger charge is 2.06. The molecule has 3 amide bonds. The zero-order valence-corrected chi connectivity index (χ0v) is 10.2. The predicted molar refractivity (Wildman–Crippen MR) is 64.8 cm³/mol. The van der Waals surface area contributed by atoms with Gasteiger partial charge >= 0.3 is 6.03 Å². The average molecular weight is 259 g/mol. The van der Waals surface area contributed by atoms with E-state index in [1.807, 2.05) is 12.1 Å². The van der Waals surface area contributed by atoms with Crippen LogP contribution >= 0.6 is 23.4 Å². The van der Waals surface area contributed by atoms with E-state index in [4.69, 9.17) is 11.6 Å². The zero-order chi connectivity index (χ0) is 12.0. The number of halogens is 1. The summed E-state index contributed by atoms with van der Waals surface area (Å²) in [5, 5.41) is 5.13. The maximum atomic E-state index is 11.2. The van der Waals surface area contributed by atoms with Gasteiger partial charge in [0.1, 0.15) is 0 Å². The first-order valence-electron chi connectivity index (χ1n) is 4.51. The summed E-state index contributed by atoms with van der Waals surface area (Å²) in [6.07, 6.45) is 0. The van der Waals surface area contributed by atoms with Gasteiger partial charge in [-0.25, -0.2) is 4.79 Å². The molecule has 0 fully saturated rings. The third-order valence-corrected chi connectivity index (χ3v) is 2.93. The Balaban J connectivity index is 2.37. The molecular weight excluding hydrogens is 248 g/mol. The van der Waals surface area contributed by atoms with Gasteiger partial charge in [0.05, 0.1) is 5.75 Å². The van der Waals surface area contributed by atoms with Crippen LogP contribution in [0.5, 0.6) is 0 Å². The minimum atomic E-state index is -0.498. The van der Waals surface area contributed by atoms with Crippen molar-refractivity contribution in [2.75, 3.05) is 12.8 Å². The highest BCUT2D eigenvalue weighted by molar-refractivity contribution is 8.00. The number of carbonyl (C=O) groups excluding carboxylic acids is 2. The van der Waals surface area contributed by atoms with Crippen molar-refractivity contribution in [3.8, 4) is 0 Å². The second-order valence-corrected chi connectivity index (χ2v) is 4.36. The number of thioether (sulfide) groups is 1. The van der Waals surface area contributed by atoms with E-state index in [-0.39, 0.29) is 11.7 Å². The van der Waals surface area contributed by atoms with Crippen LogP contribution in [0.15, 0.2) is 29.2 Å². The molecule has 16 heavy (non-hydrogen) atoms. The van der Waals surface area contributed by atoms with E-state index in [0.29, 0.717) is 5.02 Å². The fourth-order valence-electron chi connectivity index (χ4n) is 0.905. The van der Waals surface area contributed by atoms with E-state index >= 15 is 0 Å². The molecule has 0 aliphatic rings. The van der Waals surface area contributed by atoms with E-state index in [0.717, 1.165) is 4.90 Å². The molecule has 0 saturated heterocycles. The molecule has 86 valence electrons. The molecule has 6 heteroatoms. The Hall–Kier alpha value is -1.20. The lowest BCUT2D eigenvalue weighted by Crippen LogP contribution is -2.38. The molecule has 0 aliphatic carbocycles. The van der Waals surface area contributed by atoms with Crippen molar-refractivity contribution in [3.63, 3.8) is 0 Å². The molecule has 0 heterocycles.